The summed E-state index contributed by atoms with van der Waals surface area (Å²) in [6.07, 6.45) is 8.83. The summed E-state index contributed by atoms with van der Waals surface area (Å²) in [4.78, 5) is 28.9. The zero-order valence-electron chi connectivity index (χ0n) is 20.7. The maximum atomic E-state index is 12.4. The van der Waals surface area contributed by atoms with E-state index in [1.807, 2.05) is 57.2 Å². The molecule has 0 saturated carbocycles. The first-order chi connectivity index (χ1) is 17.9. The Hall–Kier alpha value is -4.85. The van der Waals surface area contributed by atoms with Crippen molar-refractivity contribution in [2.45, 2.75) is 20.8 Å². The van der Waals surface area contributed by atoms with Gasteiger partial charge in [-0.1, -0.05) is 26.8 Å². The predicted molar refractivity (Wildman–Crippen MR) is 146 cm³/mol. The van der Waals surface area contributed by atoms with E-state index in [1.54, 1.807) is 31.0 Å². The van der Waals surface area contributed by atoms with Crippen LogP contribution in [0.25, 0.3) is 55.6 Å². The summed E-state index contributed by atoms with van der Waals surface area (Å²) < 4.78 is 0. The molecule has 6 aromatic rings. The van der Waals surface area contributed by atoms with Crippen LogP contribution in [0.1, 0.15) is 20.8 Å². The molecule has 0 spiro atoms. The molecule has 0 fully saturated rings. The number of nitrogens with one attached hydrogen (secondary N) is 3. The summed E-state index contributed by atoms with van der Waals surface area (Å²) in [5.74, 6) is -0.0578. The molecule has 0 aliphatic carbocycles. The minimum atomic E-state index is -0.494. The number of hydrogen-bond donors (Lipinski definition) is 3. The maximum Gasteiger partial charge on any atom is 0.229 e. The highest BCUT2D eigenvalue weighted by atomic mass is 16.2. The predicted octanol–water partition coefficient (Wildman–Crippen LogP) is 6.21. The number of H-pyrrole nitrogens is 2. The van der Waals surface area contributed by atoms with Gasteiger partial charge in [-0.15, -0.1) is 0 Å². The number of carbonyl (C=O) groups excluding carboxylic acids is 1. The topological polar surface area (TPSA) is 112 Å². The van der Waals surface area contributed by atoms with Gasteiger partial charge < -0.3 is 10.3 Å². The third kappa shape index (κ3) is 4.23. The molecule has 6 rings (SSSR count). The number of aromatic amines is 2. The zero-order valence-corrected chi connectivity index (χ0v) is 20.7. The highest BCUT2D eigenvalue weighted by molar-refractivity contribution is 6.01. The van der Waals surface area contributed by atoms with Gasteiger partial charge >= 0.3 is 0 Å². The Bertz CT molecular complexity index is 1760. The van der Waals surface area contributed by atoms with E-state index < -0.39 is 5.41 Å². The second kappa shape index (κ2) is 8.67. The molecule has 8 heteroatoms. The lowest BCUT2D eigenvalue weighted by atomic mass is 9.95. The summed E-state index contributed by atoms with van der Waals surface area (Å²) in [6.45, 7) is 5.65. The van der Waals surface area contributed by atoms with Crippen molar-refractivity contribution in [3.63, 3.8) is 0 Å². The fourth-order valence-corrected chi connectivity index (χ4v) is 4.32. The molecule has 0 saturated heterocycles. The molecule has 0 atom stereocenters. The molecule has 0 aliphatic rings. The zero-order chi connectivity index (χ0) is 25.6. The number of pyridine rings is 3. The molecule has 1 amide bonds. The Labute approximate surface area is 213 Å². The van der Waals surface area contributed by atoms with Crippen molar-refractivity contribution < 1.29 is 4.79 Å². The third-order valence-corrected chi connectivity index (χ3v) is 6.35. The number of nitrogens with zero attached hydrogens (tertiary/aromatic N) is 4. The molecule has 182 valence electrons. The van der Waals surface area contributed by atoms with Gasteiger partial charge in [-0.3, -0.25) is 19.9 Å². The summed E-state index contributed by atoms with van der Waals surface area (Å²) in [5.41, 5.74) is 7.59. The largest absolute Gasteiger partial charge is 0.338 e. The monoisotopic (exact) mass is 487 g/mol. The van der Waals surface area contributed by atoms with E-state index in [1.165, 1.54) is 0 Å². The molecule has 0 unspecified atom stereocenters. The van der Waals surface area contributed by atoms with Crippen LogP contribution >= 0.6 is 0 Å². The highest BCUT2D eigenvalue weighted by Gasteiger charge is 2.21. The number of carbonyl (C=O) groups is 1. The van der Waals surface area contributed by atoms with Crippen molar-refractivity contribution in [3.05, 3.63) is 79.5 Å². The van der Waals surface area contributed by atoms with Crippen LogP contribution in [-0.4, -0.2) is 36.0 Å². The molecular formula is C29H25N7O. The van der Waals surface area contributed by atoms with Crippen LogP contribution in [0, 0.1) is 5.41 Å². The molecule has 0 aliphatic heterocycles. The minimum absolute atomic E-state index is 0.0578. The fraction of sp³-hybridized carbons (Fsp3) is 0.138. The average Bonchev–Trinajstić information content (AvgIpc) is 3.52. The summed E-state index contributed by atoms with van der Waals surface area (Å²) >= 11 is 0. The third-order valence-electron chi connectivity index (χ3n) is 6.35. The van der Waals surface area contributed by atoms with Gasteiger partial charge in [0.1, 0.15) is 11.3 Å². The molecule has 37 heavy (non-hydrogen) atoms. The van der Waals surface area contributed by atoms with Crippen LogP contribution in [0.4, 0.5) is 5.69 Å². The van der Waals surface area contributed by atoms with Crippen LogP contribution in [-0.2, 0) is 4.79 Å². The van der Waals surface area contributed by atoms with Crippen LogP contribution in [0.2, 0.25) is 0 Å². The maximum absolute atomic E-state index is 12.4. The first-order valence-electron chi connectivity index (χ1n) is 12.0. The van der Waals surface area contributed by atoms with Gasteiger partial charge in [0.2, 0.25) is 5.91 Å². The quantitative estimate of drug-likeness (QED) is 0.273. The van der Waals surface area contributed by atoms with Gasteiger partial charge in [0.05, 0.1) is 23.1 Å². The Morgan fingerprint density at radius 3 is 2.49 bits per heavy atom. The van der Waals surface area contributed by atoms with E-state index in [0.29, 0.717) is 5.69 Å². The minimum Gasteiger partial charge on any atom is -0.338 e. The van der Waals surface area contributed by atoms with Crippen molar-refractivity contribution in [1.29, 1.82) is 0 Å². The number of fused-ring (bicyclic) bond motifs is 2. The molecule has 0 bridgehead atoms. The lowest BCUT2D eigenvalue weighted by Gasteiger charge is -2.17. The Balaban J connectivity index is 1.40. The molecule has 5 heterocycles. The van der Waals surface area contributed by atoms with Crippen molar-refractivity contribution >= 4 is 33.5 Å². The Kier molecular flexibility index (Phi) is 5.30. The number of benzene rings is 1. The molecule has 1 aromatic carbocycles. The molecule has 0 radical (unpaired) electrons. The molecule has 3 N–H and O–H groups in total. The summed E-state index contributed by atoms with van der Waals surface area (Å²) in [6, 6.07) is 16.1. The Morgan fingerprint density at radius 2 is 1.68 bits per heavy atom. The number of hydrogen-bond acceptors (Lipinski definition) is 5. The van der Waals surface area contributed by atoms with Crippen LogP contribution in [0.5, 0.6) is 0 Å². The van der Waals surface area contributed by atoms with Crippen molar-refractivity contribution in [2.24, 2.45) is 5.41 Å². The van der Waals surface area contributed by atoms with Gasteiger partial charge in [-0.05, 0) is 59.2 Å². The standard InChI is InChI=1S/C29H25N7O/c1-29(2,3)28(37)33-20-12-19(15-31-16-20)18-4-5-24-23(13-18)26(36-35-24)25-14-22-21(8-11-32-27(22)34-25)17-6-9-30-10-7-17/h4-16H,1-3H3,(H,32,34)(H,33,37)(H,35,36). The van der Waals surface area contributed by atoms with E-state index in [4.69, 9.17) is 0 Å². The van der Waals surface area contributed by atoms with E-state index in [0.717, 1.165) is 55.6 Å². The number of anilines is 1. The van der Waals surface area contributed by atoms with E-state index in [2.05, 4.69) is 47.6 Å². The smallest absolute Gasteiger partial charge is 0.229 e. The SMILES string of the molecule is CC(C)(C)C(=O)Nc1cncc(-c2ccc3[nH]nc(-c4cc5c(-c6ccncc6)ccnc5[nH]4)c3c2)c1. The number of amides is 1. The average molecular weight is 488 g/mol. The van der Waals surface area contributed by atoms with Gasteiger partial charge in [-0.2, -0.15) is 5.10 Å². The van der Waals surface area contributed by atoms with E-state index >= 15 is 0 Å². The number of rotatable bonds is 4. The Morgan fingerprint density at radius 1 is 0.838 bits per heavy atom. The molecule has 8 nitrogen and oxygen atoms in total. The lowest BCUT2D eigenvalue weighted by Crippen LogP contribution is -2.27. The number of aromatic nitrogens is 6. The van der Waals surface area contributed by atoms with Gasteiger partial charge in [-0.25, -0.2) is 4.98 Å². The first kappa shape index (κ1) is 22.6. The van der Waals surface area contributed by atoms with Crippen molar-refractivity contribution in [2.75, 3.05) is 5.32 Å². The van der Waals surface area contributed by atoms with Crippen molar-refractivity contribution in [1.82, 2.24) is 30.1 Å². The van der Waals surface area contributed by atoms with Crippen molar-refractivity contribution in [3.8, 4) is 33.6 Å². The lowest BCUT2D eigenvalue weighted by molar-refractivity contribution is -0.123. The summed E-state index contributed by atoms with van der Waals surface area (Å²) in [7, 11) is 0. The normalized spacial score (nSPS) is 11.8. The van der Waals surface area contributed by atoms with Crippen LogP contribution in [0.3, 0.4) is 0 Å². The highest BCUT2D eigenvalue weighted by Crippen LogP contribution is 2.34. The molecule has 5 aromatic heterocycles. The van der Waals surface area contributed by atoms with Gasteiger partial charge in [0, 0.05) is 46.5 Å². The van der Waals surface area contributed by atoms with E-state index in [9.17, 15) is 4.79 Å². The van der Waals surface area contributed by atoms with Crippen LogP contribution < -0.4 is 5.32 Å². The molecular weight excluding hydrogens is 462 g/mol. The second-order valence-corrected chi connectivity index (χ2v) is 10.0. The van der Waals surface area contributed by atoms with Gasteiger partial charge in [0.25, 0.3) is 0 Å². The first-order valence-corrected chi connectivity index (χ1v) is 12.0. The van der Waals surface area contributed by atoms with E-state index in [-0.39, 0.29) is 5.91 Å². The fourth-order valence-electron chi connectivity index (χ4n) is 4.32. The van der Waals surface area contributed by atoms with Gasteiger partial charge in [0.15, 0.2) is 0 Å². The van der Waals surface area contributed by atoms with Crippen LogP contribution in [0.15, 0.2) is 79.5 Å². The second-order valence-electron chi connectivity index (χ2n) is 10.0. The summed E-state index contributed by atoms with van der Waals surface area (Å²) in [5, 5.41) is 12.7.